The molecule has 2 unspecified atom stereocenters. The molecule has 0 spiro atoms. The van der Waals surface area contributed by atoms with E-state index in [-0.39, 0.29) is 0 Å². The van der Waals surface area contributed by atoms with Crippen LogP contribution in [-0.2, 0) is 4.74 Å². The van der Waals surface area contributed by atoms with Gasteiger partial charge in [-0.25, -0.2) is 0 Å². The fourth-order valence-electron chi connectivity index (χ4n) is 3.19. The molecule has 1 aliphatic carbocycles. The smallest absolute Gasteiger partial charge is 0.103 e. The van der Waals surface area contributed by atoms with E-state index in [1.54, 1.807) is 0 Å². The summed E-state index contributed by atoms with van der Waals surface area (Å²) in [6, 6.07) is 0. The van der Waals surface area contributed by atoms with E-state index in [2.05, 4.69) is 25.2 Å². The lowest BCUT2D eigenvalue weighted by Crippen LogP contribution is -2.22. The monoisotopic (exact) mass is 262 g/mol. The number of unbranched alkanes of at least 4 members (excludes halogenated alkanes) is 7. The molecular formula is C18H30O. The first-order valence-electron chi connectivity index (χ1n) is 8.45. The molecule has 1 heteroatoms. The molecule has 1 nitrogen and oxygen atoms in total. The summed E-state index contributed by atoms with van der Waals surface area (Å²) in [5.74, 6) is 1.84. The second-order valence-electron chi connectivity index (χ2n) is 6.14. The Balaban J connectivity index is 1.46. The molecule has 1 fully saturated rings. The molecule has 108 valence electrons. The van der Waals surface area contributed by atoms with Crippen molar-refractivity contribution in [1.82, 2.24) is 0 Å². The lowest BCUT2D eigenvalue weighted by Gasteiger charge is -2.29. The molecule has 0 aromatic heterocycles. The fourth-order valence-corrected chi connectivity index (χ4v) is 3.19. The summed E-state index contributed by atoms with van der Waals surface area (Å²) >= 11 is 0. The number of hydrogen-bond donors (Lipinski definition) is 0. The van der Waals surface area contributed by atoms with Gasteiger partial charge in [-0.15, -0.1) is 0 Å². The predicted molar refractivity (Wildman–Crippen MR) is 82.0 cm³/mol. The molecule has 0 aromatic rings. The summed E-state index contributed by atoms with van der Waals surface area (Å²) in [6.07, 6.45) is 22.1. The standard InChI is InChI=1S/C18H30O/c1-2-3-4-5-6-7-8-9-12-17-15-14-16-11-10-13-18(16)19-17/h10-11,13,16-17H,2-9,12,14-15H2,1H3. The van der Waals surface area contributed by atoms with Crippen molar-refractivity contribution in [1.29, 1.82) is 0 Å². The molecule has 19 heavy (non-hydrogen) atoms. The summed E-state index contributed by atoms with van der Waals surface area (Å²) < 4.78 is 6.07. The van der Waals surface area contributed by atoms with Gasteiger partial charge in [0, 0.05) is 5.92 Å². The Hall–Kier alpha value is -0.720. The molecular weight excluding hydrogens is 232 g/mol. The van der Waals surface area contributed by atoms with Crippen LogP contribution in [0.3, 0.4) is 0 Å². The lowest BCUT2D eigenvalue weighted by atomic mass is 9.95. The van der Waals surface area contributed by atoms with E-state index in [1.807, 2.05) is 0 Å². The first-order chi connectivity index (χ1) is 9.40. The van der Waals surface area contributed by atoms with E-state index >= 15 is 0 Å². The third-order valence-corrected chi connectivity index (χ3v) is 4.45. The van der Waals surface area contributed by atoms with Crippen molar-refractivity contribution in [3.63, 3.8) is 0 Å². The summed E-state index contributed by atoms with van der Waals surface area (Å²) in [4.78, 5) is 0. The molecule has 0 saturated carbocycles. The van der Waals surface area contributed by atoms with Gasteiger partial charge in [-0.1, -0.05) is 64.0 Å². The van der Waals surface area contributed by atoms with Crippen molar-refractivity contribution in [2.45, 2.75) is 83.7 Å². The minimum atomic E-state index is 0.502. The third kappa shape index (κ3) is 5.04. The van der Waals surface area contributed by atoms with Gasteiger partial charge in [-0.05, 0) is 31.8 Å². The van der Waals surface area contributed by atoms with E-state index in [9.17, 15) is 0 Å². The van der Waals surface area contributed by atoms with E-state index in [1.165, 1.54) is 76.4 Å². The zero-order valence-electron chi connectivity index (χ0n) is 12.6. The predicted octanol–water partition coefficient (Wildman–Crippen LogP) is 5.77. The Morgan fingerprint density at radius 2 is 1.74 bits per heavy atom. The Kier molecular flexibility index (Phi) is 6.53. The minimum Gasteiger partial charge on any atom is -0.494 e. The molecule has 1 aliphatic heterocycles. The SMILES string of the molecule is CCCCCCCCCCC1CCC2C=CC=C2O1. The van der Waals surface area contributed by atoms with Crippen LogP contribution in [0.5, 0.6) is 0 Å². The maximum atomic E-state index is 6.07. The van der Waals surface area contributed by atoms with E-state index in [0.29, 0.717) is 12.0 Å². The number of allylic oxidation sites excluding steroid dienone is 3. The Bertz CT molecular complexity index is 303. The van der Waals surface area contributed by atoms with E-state index < -0.39 is 0 Å². The van der Waals surface area contributed by atoms with Gasteiger partial charge >= 0.3 is 0 Å². The second kappa shape index (κ2) is 8.45. The zero-order chi connectivity index (χ0) is 13.3. The number of rotatable bonds is 9. The van der Waals surface area contributed by atoms with Crippen LogP contribution in [0.1, 0.15) is 77.6 Å². The van der Waals surface area contributed by atoms with Crippen LogP contribution in [0, 0.1) is 5.92 Å². The van der Waals surface area contributed by atoms with Gasteiger partial charge < -0.3 is 4.74 Å². The van der Waals surface area contributed by atoms with Crippen molar-refractivity contribution in [2.24, 2.45) is 5.92 Å². The summed E-state index contributed by atoms with van der Waals surface area (Å²) in [5, 5.41) is 0. The van der Waals surface area contributed by atoms with Gasteiger partial charge in [-0.2, -0.15) is 0 Å². The van der Waals surface area contributed by atoms with Crippen LogP contribution in [0.2, 0.25) is 0 Å². The molecule has 0 radical (unpaired) electrons. The molecule has 2 rings (SSSR count). The van der Waals surface area contributed by atoms with Crippen LogP contribution in [-0.4, -0.2) is 6.10 Å². The van der Waals surface area contributed by atoms with Crippen LogP contribution >= 0.6 is 0 Å². The van der Waals surface area contributed by atoms with Gasteiger partial charge in [-0.3, -0.25) is 0 Å². The van der Waals surface area contributed by atoms with Crippen molar-refractivity contribution in [2.75, 3.05) is 0 Å². The van der Waals surface area contributed by atoms with Gasteiger partial charge in [0.05, 0.1) is 6.10 Å². The number of hydrogen-bond acceptors (Lipinski definition) is 1. The summed E-state index contributed by atoms with van der Waals surface area (Å²) in [6.45, 7) is 2.28. The van der Waals surface area contributed by atoms with Crippen molar-refractivity contribution >= 4 is 0 Å². The van der Waals surface area contributed by atoms with Gasteiger partial charge in [0.25, 0.3) is 0 Å². The van der Waals surface area contributed by atoms with Gasteiger partial charge in [0.15, 0.2) is 0 Å². The van der Waals surface area contributed by atoms with Crippen molar-refractivity contribution in [3.05, 3.63) is 24.0 Å². The van der Waals surface area contributed by atoms with E-state index in [0.717, 1.165) is 0 Å². The first kappa shape index (κ1) is 14.7. The second-order valence-corrected chi connectivity index (χ2v) is 6.14. The number of fused-ring (bicyclic) bond motifs is 1. The van der Waals surface area contributed by atoms with E-state index in [4.69, 9.17) is 4.74 Å². The molecule has 2 atom stereocenters. The average Bonchev–Trinajstić information content (AvgIpc) is 2.89. The molecule has 0 N–H and O–H groups in total. The molecule has 2 aliphatic rings. The normalized spacial score (nSPS) is 25.0. The highest BCUT2D eigenvalue weighted by atomic mass is 16.5. The zero-order valence-corrected chi connectivity index (χ0v) is 12.6. The Morgan fingerprint density at radius 1 is 1.00 bits per heavy atom. The quantitative estimate of drug-likeness (QED) is 0.479. The highest BCUT2D eigenvalue weighted by Crippen LogP contribution is 2.34. The Morgan fingerprint density at radius 3 is 2.53 bits per heavy atom. The summed E-state index contributed by atoms with van der Waals surface area (Å²) in [7, 11) is 0. The molecule has 1 saturated heterocycles. The fraction of sp³-hybridized carbons (Fsp3) is 0.778. The molecule has 0 aromatic carbocycles. The van der Waals surface area contributed by atoms with Crippen LogP contribution in [0.25, 0.3) is 0 Å². The minimum absolute atomic E-state index is 0.502. The highest BCUT2D eigenvalue weighted by molar-refractivity contribution is 5.24. The maximum Gasteiger partial charge on any atom is 0.103 e. The van der Waals surface area contributed by atoms with Crippen LogP contribution in [0.15, 0.2) is 24.0 Å². The van der Waals surface area contributed by atoms with Crippen molar-refractivity contribution < 1.29 is 4.74 Å². The van der Waals surface area contributed by atoms with Gasteiger partial charge in [0.1, 0.15) is 5.76 Å². The number of ether oxygens (including phenoxy) is 1. The average molecular weight is 262 g/mol. The molecule has 1 heterocycles. The maximum absolute atomic E-state index is 6.07. The van der Waals surface area contributed by atoms with Gasteiger partial charge in [0.2, 0.25) is 0 Å². The topological polar surface area (TPSA) is 9.23 Å². The third-order valence-electron chi connectivity index (χ3n) is 4.45. The molecule has 0 bridgehead atoms. The molecule has 0 amide bonds. The van der Waals surface area contributed by atoms with Crippen molar-refractivity contribution in [3.8, 4) is 0 Å². The first-order valence-corrected chi connectivity index (χ1v) is 8.45. The Labute approximate surface area is 119 Å². The summed E-state index contributed by atoms with van der Waals surface area (Å²) in [5.41, 5.74) is 0. The van der Waals surface area contributed by atoms with Crippen LogP contribution < -0.4 is 0 Å². The van der Waals surface area contributed by atoms with Crippen LogP contribution in [0.4, 0.5) is 0 Å². The largest absolute Gasteiger partial charge is 0.494 e. The highest BCUT2D eigenvalue weighted by Gasteiger charge is 2.26. The lowest BCUT2D eigenvalue weighted by molar-refractivity contribution is 0.0505.